The van der Waals surface area contributed by atoms with E-state index in [9.17, 15) is 0 Å². The maximum absolute atomic E-state index is 2.76. The Labute approximate surface area is 149 Å². The minimum Gasteiger partial charge on any atom is -0.0620 e. The fourth-order valence-corrected chi connectivity index (χ4v) is 9.34. The van der Waals surface area contributed by atoms with Crippen molar-refractivity contribution in [3.8, 4) is 0 Å². The second kappa shape index (κ2) is 4.64. The predicted octanol–water partition coefficient (Wildman–Crippen LogP) is 6.26. The van der Waals surface area contributed by atoms with Crippen molar-refractivity contribution in [2.75, 3.05) is 0 Å². The summed E-state index contributed by atoms with van der Waals surface area (Å²) in [5.74, 6) is 13.2. The van der Waals surface area contributed by atoms with Crippen LogP contribution in [-0.4, -0.2) is 0 Å². The number of rotatable bonds is 0. The van der Waals surface area contributed by atoms with E-state index in [2.05, 4.69) is 27.7 Å². The Morgan fingerprint density at radius 2 is 1.25 bits per heavy atom. The molecule has 8 fully saturated rings. The van der Waals surface area contributed by atoms with Crippen molar-refractivity contribution in [2.45, 2.75) is 72.6 Å². The fraction of sp³-hybridized carbons (Fsp3) is 1.00. The smallest absolute Gasteiger partial charge is 0.0241 e. The molecule has 0 aromatic carbocycles. The summed E-state index contributed by atoms with van der Waals surface area (Å²) in [6, 6.07) is 0. The molecule has 0 saturated heterocycles. The molecule has 8 aliphatic carbocycles. The first-order valence-corrected chi connectivity index (χ1v) is 11.5. The Hall–Kier alpha value is 0. The average Bonchev–Trinajstić information content (AvgIpc) is 3.38. The Kier molecular flexibility index (Phi) is 2.92. The van der Waals surface area contributed by atoms with Crippen molar-refractivity contribution in [1.82, 2.24) is 0 Å². The summed E-state index contributed by atoms with van der Waals surface area (Å²) in [5.41, 5.74) is 0.715. The van der Waals surface area contributed by atoms with Crippen LogP contribution in [0.5, 0.6) is 0 Å². The lowest BCUT2D eigenvalue weighted by molar-refractivity contribution is -0.0922. The molecule has 0 spiro atoms. The van der Waals surface area contributed by atoms with Crippen LogP contribution in [0.3, 0.4) is 0 Å². The molecule has 134 valence electrons. The van der Waals surface area contributed by atoms with Crippen LogP contribution in [0.4, 0.5) is 0 Å². The molecule has 8 rings (SSSR count). The lowest BCUT2D eigenvalue weighted by Crippen LogP contribution is -2.51. The van der Waals surface area contributed by atoms with Gasteiger partial charge in [-0.15, -0.1) is 0 Å². The highest BCUT2D eigenvalue weighted by atomic mass is 14.7. The maximum Gasteiger partial charge on any atom is -0.0241 e. The normalized spacial score (nSPS) is 69.5. The molecule has 8 saturated carbocycles. The predicted molar refractivity (Wildman–Crippen MR) is 99.3 cm³/mol. The van der Waals surface area contributed by atoms with Crippen LogP contribution in [0.15, 0.2) is 0 Å². The zero-order chi connectivity index (χ0) is 16.4. The van der Waals surface area contributed by atoms with Crippen molar-refractivity contribution in [2.24, 2.45) is 76.4 Å². The van der Waals surface area contributed by atoms with E-state index < -0.39 is 0 Å². The van der Waals surface area contributed by atoms with Crippen LogP contribution in [0.25, 0.3) is 0 Å². The Morgan fingerprint density at radius 1 is 0.625 bits per heavy atom. The topological polar surface area (TPSA) is 0 Å². The van der Waals surface area contributed by atoms with E-state index in [1.807, 2.05) is 0 Å². The first-order valence-electron chi connectivity index (χ1n) is 11.5. The summed E-state index contributed by atoms with van der Waals surface area (Å²) < 4.78 is 0. The van der Waals surface area contributed by atoms with Crippen LogP contribution >= 0.6 is 0 Å². The summed E-state index contributed by atoms with van der Waals surface area (Å²) in [5, 5.41) is 0. The molecule has 0 radical (unpaired) electrons. The van der Waals surface area contributed by atoms with Crippen molar-refractivity contribution < 1.29 is 0 Å². The van der Waals surface area contributed by atoms with E-state index in [0.717, 1.165) is 71.0 Å². The van der Waals surface area contributed by atoms with Gasteiger partial charge in [-0.3, -0.25) is 0 Å². The van der Waals surface area contributed by atoms with Gasteiger partial charge in [0.1, 0.15) is 0 Å². The van der Waals surface area contributed by atoms with Gasteiger partial charge in [0.25, 0.3) is 0 Å². The molecule has 0 heterocycles. The molecule has 0 heteroatoms. The van der Waals surface area contributed by atoms with Gasteiger partial charge in [0.15, 0.2) is 0 Å². The van der Waals surface area contributed by atoms with Gasteiger partial charge in [-0.1, -0.05) is 27.7 Å². The van der Waals surface area contributed by atoms with E-state index in [0.29, 0.717) is 5.41 Å². The first kappa shape index (κ1) is 15.1. The van der Waals surface area contributed by atoms with Gasteiger partial charge in [0, 0.05) is 0 Å². The van der Waals surface area contributed by atoms with Crippen molar-refractivity contribution in [1.29, 1.82) is 0 Å². The van der Waals surface area contributed by atoms with Crippen LogP contribution in [-0.2, 0) is 0 Å². The third-order valence-electron chi connectivity index (χ3n) is 11.5. The summed E-state index contributed by atoms with van der Waals surface area (Å²) in [6.45, 7) is 10.6. The number of hydrogen-bond donors (Lipinski definition) is 0. The van der Waals surface area contributed by atoms with E-state index in [1.165, 1.54) is 6.42 Å². The molecule has 0 aliphatic heterocycles. The van der Waals surface area contributed by atoms with Crippen LogP contribution < -0.4 is 0 Å². The molecule has 4 bridgehead atoms. The van der Waals surface area contributed by atoms with Crippen LogP contribution in [0, 0.1) is 76.4 Å². The third kappa shape index (κ3) is 1.72. The van der Waals surface area contributed by atoms with Gasteiger partial charge in [-0.25, -0.2) is 0 Å². The molecular formula is C24H38. The largest absolute Gasteiger partial charge is 0.0620 e. The van der Waals surface area contributed by atoms with Crippen molar-refractivity contribution >= 4 is 0 Å². The molecule has 11 atom stereocenters. The molecule has 0 nitrogen and oxygen atoms in total. The molecule has 24 heavy (non-hydrogen) atoms. The second-order valence-corrected chi connectivity index (χ2v) is 11.8. The fourth-order valence-electron chi connectivity index (χ4n) is 9.34. The van der Waals surface area contributed by atoms with E-state index in [4.69, 9.17) is 0 Å². The van der Waals surface area contributed by atoms with E-state index in [1.54, 1.807) is 38.5 Å². The van der Waals surface area contributed by atoms with Gasteiger partial charge in [-0.2, -0.15) is 0 Å². The second-order valence-electron chi connectivity index (χ2n) is 11.8. The average molecular weight is 327 g/mol. The van der Waals surface area contributed by atoms with Gasteiger partial charge < -0.3 is 0 Å². The minimum atomic E-state index is 0.715. The number of hydrogen-bond acceptors (Lipinski definition) is 0. The summed E-state index contributed by atoms with van der Waals surface area (Å²) in [4.78, 5) is 0. The van der Waals surface area contributed by atoms with Gasteiger partial charge in [0.2, 0.25) is 0 Å². The molecule has 0 amide bonds. The summed E-state index contributed by atoms with van der Waals surface area (Å²) in [6.07, 6.45) is 11.2. The zero-order valence-electron chi connectivity index (χ0n) is 16.4. The van der Waals surface area contributed by atoms with Gasteiger partial charge >= 0.3 is 0 Å². The van der Waals surface area contributed by atoms with Crippen molar-refractivity contribution in [3.05, 3.63) is 0 Å². The van der Waals surface area contributed by atoms with Crippen molar-refractivity contribution in [3.63, 3.8) is 0 Å². The maximum atomic E-state index is 2.76. The molecule has 8 aliphatic rings. The molecule has 0 aromatic rings. The standard InChI is InChI=1S/C24H38/c1-12-5-6-23-22-11-21(22)20-10-19(20)14(3)17-9-18(13(17)2)15-7-16(8-15)24(12,23)4/h12-23H,5-11H2,1-4H3/t12-,13+,14?,15?,16?,17?,18?,19?,20?,21?,22?,23?,24-/m0/s1. The van der Waals surface area contributed by atoms with Crippen LogP contribution in [0.2, 0.25) is 0 Å². The summed E-state index contributed by atoms with van der Waals surface area (Å²) >= 11 is 0. The Balaban J connectivity index is 1.32. The third-order valence-corrected chi connectivity index (χ3v) is 11.5. The lowest BCUT2D eigenvalue weighted by Gasteiger charge is -2.58. The lowest BCUT2D eigenvalue weighted by atomic mass is 9.47. The molecule has 0 N–H and O–H groups in total. The quantitative estimate of drug-likeness (QED) is 0.493. The highest BCUT2D eigenvalue weighted by molar-refractivity contribution is 5.14. The SMILES string of the molecule is CC1C2CC2C2CC2C2CC[C@H](C)[C@@]2(C)C2CC(C2)C2CC1[C@H]2C. The Morgan fingerprint density at radius 3 is 2.00 bits per heavy atom. The highest BCUT2D eigenvalue weighted by Gasteiger charge is 2.65. The Bertz CT molecular complexity index is 544. The first-order chi connectivity index (χ1) is 11.5. The minimum absolute atomic E-state index is 0.715. The zero-order valence-corrected chi connectivity index (χ0v) is 16.4. The monoisotopic (exact) mass is 326 g/mol. The highest BCUT2D eigenvalue weighted by Crippen LogP contribution is 2.73. The molecular weight excluding hydrogens is 288 g/mol. The van der Waals surface area contributed by atoms with E-state index in [-0.39, 0.29) is 0 Å². The van der Waals surface area contributed by atoms with Crippen LogP contribution in [0.1, 0.15) is 72.6 Å². The molecule has 0 aromatic heterocycles. The van der Waals surface area contributed by atoms with Gasteiger partial charge in [0.05, 0.1) is 0 Å². The summed E-state index contributed by atoms with van der Waals surface area (Å²) in [7, 11) is 0. The van der Waals surface area contributed by atoms with Gasteiger partial charge in [-0.05, 0) is 121 Å². The van der Waals surface area contributed by atoms with E-state index >= 15 is 0 Å². The molecule has 8 unspecified atom stereocenters.